The Bertz CT molecular complexity index is 1310. The summed E-state index contributed by atoms with van der Waals surface area (Å²) < 4.78 is 2.78. The molecule has 0 atom stereocenters. The number of barbiturate groups is 1. The number of rotatable bonds is 4. The number of hydrogen-bond donors (Lipinski definition) is 1. The zero-order valence-corrected chi connectivity index (χ0v) is 20.3. The molecule has 1 saturated heterocycles. The normalized spacial score (nSPS) is 15.2. The maximum absolute atomic E-state index is 13.2. The second-order valence-electron chi connectivity index (χ2n) is 8.01. The molecule has 1 aromatic heterocycles. The highest BCUT2D eigenvalue weighted by atomic mass is 79.9. The van der Waals surface area contributed by atoms with Crippen LogP contribution < -0.4 is 15.1 Å². The molecular weight excluding hydrogens is 484 g/mol. The van der Waals surface area contributed by atoms with E-state index in [9.17, 15) is 14.4 Å². The Balaban J connectivity index is 1.73. The fourth-order valence-corrected chi connectivity index (χ4v) is 4.28. The van der Waals surface area contributed by atoms with Crippen LogP contribution in [-0.2, 0) is 9.59 Å². The summed E-state index contributed by atoms with van der Waals surface area (Å²) in [4.78, 5) is 41.2. The van der Waals surface area contributed by atoms with Crippen LogP contribution in [0.25, 0.3) is 11.8 Å². The number of hydrogen-bond acceptors (Lipinski definition) is 4. The van der Waals surface area contributed by atoms with Gasteiger partial charge in [0.05, 0.1) is 5.69 Å². The topological polar surface area (TPSA) is 74.6 Å². The van der Waals surface area contributed by atoms with Gasteiger partial charge in [-0.15, -0.1) is 0 Å². The summed E-state index contributed by atoms with van der Waals surface area (Å²) in [5.74, 6) is -1.38. The monoisotopic (exact) mass is 506 g/mol. The number of nitrogens with zero attached hydrogens (tertiary/aromatic N) is 3. The Kier molecular flexibility index (Phi) is 5.95. The van der Waals surface area contributed by atoms with Crippen LogP contribution in [0.2, 0.25) is 0 Å². The van der Waals surface area contributed by atoms with Crippen LogP contribution in [0, 0.1) is 13.8 Å². The van der Waals surface area contributed by atoms with Gasteiger partial charge >= 0.3 is 6.03 Å². The minimum Gasteiger partial charge on any atom is -0.378 e. The smallest absolute Gasteiger partial charge is 0.335 e. The maximum atomic E-state index is 13.2. The first-order chi connectivity index (χ1) is 15.7. The van der Waals surface area contributed by atoms with Gasteiger partial charge in [0.1, 0.15) is 5.57 Å². The van der Waals surface area contributed by atoms with Gasteiger partial charge in [0, 0.05) is 41.3 Å². The first-order valence-electron chi connectivity index (χ1n) is 10.3. The van der Waals surface area contributed by atoms with Gasteiger partial charge in [-0.05, 0) is 74.0 Å². The van der Waals surface area contributed by atoms with Gasteiger partial charge in [0.15, 0.2) is 0 Å². The molecule has 1 aliphatic rings. The number of aromatic nitrogens is 1. The summed E-state index contributed by atoms with van der Waals surface area (Å²) in [6, 6.07) is 16.1. The van der Waals surface area contributed by atoms with Crippen LogP contribution in [0.4, 0.5) is 16.2 Å². The summed E-state index contributed by atoms with van der Waals surface area (Å²) in [6.07, 6.45) is 1.54. The van der Waals surface area contributed by atoms with Crippen molar-refractivity contribution in [2.24, 2.45) is 0 Å². The lowest BCUT2D eigenvalue weighted by Gasteiger charge is -2.26. The van der Waals surface area contributed by atoms with Gasteiger partial charge in [-0.25, -0.2) is 9.69 Å². The van der Waals surface area contributed by atoms with Gasteiger partial charge in [-0.3, -0.25) is 14.9 Å². The number of amides is 4. The van der Waals surface area contributed by atoms with E-state index in [2.05, 4.69) is 25.8 Å². The van der Waals surface area contributed by atoms with Crippen LogP contribution in [0.5, 0.6) is 0 Å². The maximum Gasteiger partial charge on any atom is 0.335 e. The number of imide groups is 2. The third kappa shape index (κ3) is 4.21. The number of urea groups is 1. The lowest BCUT2D eigenvalue weighted by Crippen LogP contribution is -2.54. The van der Waals surface area contributed by atoms with E-state index < -0.39 is 17.8 Å². The molecule has 0 spiro atoms. The summed E-state index contributed by atoms with van der Waals surface area (Å²) >= 11 is 3.35. The summed E-state index contributed by atoms with van der Waals surface area (Å²) in [5, 5.41) is 2.27. The molecule has 0 unspecified atom stereocenters. The average Bonchev–Trinajstić information content (AvgIpc) is 3.04. The molecule has 1 fully saturated rings. The number of anilines is 2. The van der Waals surface area contributed by atoms with Crippen molar-refractivity contribution in [3.63, 3.8) is 0 Å². The van der Waals surface area contributed by atoms with Crippen molar-refractivity contribution in [3.8, 4) is 5.69 Å². The average molecular weight is 507 g/mol. The van der Waals surface area contributed by atoms with Crippen molar-refractivity contribution in [1.82, 2.24) is 9.88 Å². The minimum absolute atomic E-state index is 0.0993. The number of nitrogens with one attached hydrogen (secondary N) is 1. The van der Waals surface area contributed by atoms with E-state index in [-0.39, 0.29) is 5.57 Å². The van der Waals surface area contributed by atoms with Crippen molar-refractivity contribution in [2.75, 3.05) is 23.9 Å². The predicted molar refractivity (Wildman–Crippen MR) is 133 cm³/mol. The summed E-state index contributed by atoms with van der Waals surface area (Å²) in [5.41, 5.74) is 4.90. The molecule has 0 aliphatic carbocycles. The first kappa shape index (κ1) is 22.5. The van der Waals surface area contributed by atoms with E-state index in [0.29, 0.717) is 10.2 Å². The van der Waals surface area contributed by atoms with Gasteiger partial charge in [-0.1, -0.05) is 22.0 Å². The van der Waals surface area contributed by atoms with Crippen LogP contribution in [0.1, 0.15) is 17.0 Å². The Morgan fingerprint density at radius 3 is 2.27 bits per heavy atom. The Hall–Kier alpha value is -3.65. The zero-order valence-electron chi connectivity index (χ0n) is 18.7. The van der Waals surface area contributed by atoms with E-state index in [0.717, 1.165) is 33.2 Å². The minimum atomic E-state index is -0.772. The molecule has 4 rings (SSSR count). The van der Waals surface area contributed by atoms with Gasteiger partial charge in [0.25, 0.3) is 11.8 Å². The van der Waals surface area contributed by atoms with Crippen molar-refractivity contribution < 1.29 is 14.4 Å². The molecule has 33 heavy (non-hydrogen) atoms. The second-order valence-corrected chi connectivity index (χ2v) is 8.93. The number of carbonyl (C=O) groups excluding carboxylic acids is 3. The lowest BCUT2D eigenvalue weighted by atomic mass is 10.1. The number of benzene rings is 2. The lowest BCUT2D eigenvalue weighted by molar-refractivity contribution is -0.122. The second kappa shape index (κ2) is 8.71. The molecule has 7 nitrogen and oxygen atoms in total. The molecule has 1 aliphatic heterocycles. The summed E-state index contributed by atoms with van der Waals surface area (Å²) in [6.45, 7) is 3.90. The third-order valence-corrected chi connectivity index (χ3v) is 6.06. The van der Waals surface area contributed by atoms with Crippen LogP contribution in [-0.4, -0.2) is 36.5 Å². The van der Waals surface area contributed by atoms with E-state index in [1.54, 1.807) is 30.3 Å². The molecule has 3 aromatic rings. The molecule has 168 valence electrons. The molecule has 1 N–H and O–H groups in total. The van der Waals surface area contributed by atoms with Crippen LogP contribution in [0.15, 0.2) is 64.6 Å². The molecule has 0 radical (unpaired) electrons. The highest BCUT2D eigenvalue weighted by molar-refractivity contribution is 9.10. The molecule has 8 heteroatoms. The van der Waals surface area contributed by atoms with Crippen molar-refractivity contribution in [3.05, 3.63) is 81.6 Å². The highest BCUT2D eigenvalue weighted by Gasteiger charge is 2.37. The third-order valence-electron chi connectivity index (χ3n) is 5.56. The van der Waals surface area contributed by atoms with Gasteiger partial charge < -0.3 is 9.47 Å². The van der Waals surface area contributed by atoms with Crippen molar-refractivity contribution in [1.29, 1.82) is 0 Å². The molecule has 0 bridgehead atoms. The first-order valence-corrected chi connectivity index (χ1v) is 11.1. The summed E-state index contributed by atoms with van der Waals surface area (Å²) in [7, 11) is 3.97. The van der Waals surface area contributed by atoms with Gasteiger partial charge in [0.2, 0.25) is 0 Å². The number of halogens is 1. The van der Waals surface area contributed by atoms with Crippen LogP contribution >= 0.6 is 15.9 Å². The Labute approximate surface area is 200 Å². The largest absolute Gasteiger partial charge is 0.378 e. The van der Waals surface area contributed by atoms with E-state index >= 15 is 0 Å². The number of carbonyl (C=O) groups is 3. The molecule has 0 saturated carbocycles. The fourth-order valence-electron chi connectivity index (χ4n) is 3.89. The molecule has 2 heterocycles. The number of aryl methyl sites for hydroxylation is 1. The SMILES string of the molecule is Cc1cc(C=C2C(=O)NC(=O)N(c3cccc(Br)c3)C2=O)c(C)n1-c1ccc(N(C)C)cc1. The highest BCUT2D eigenvalue weighted by Crippen LogP contribution is 2.27. The van der Waals surface area contributed by atoms with Gasteiger partial charge in [-0.2, -0.15) is 0 Å². The Morgan fingerprint density at radius 1 is 0.939 bits per heavy atom. The Morgan fingerprint density at radius 2 is 1.64 bits per heavy atom. The van der Waals surface area contributed by atoms with Crippen molar-refractivity contribution >= 4 is 51.2 Å². The zero-order chi connectivity index (χ0) is 23.9. The predicted octanol–water partition coefficient (Wildman–Crippen LogP) is 4.59. The van der Waals surface area contributed by atoms with Crippen LogP contribution in [0.3, 0.4) is 0 Å². The van der Waals surface area contributed by atoms with E-state index in [1.807, 2.05) is 63.2 Å². The standard InChI is InChI=1S/C25H23BrN4O3/c1-15-12-17(16(2)29(15)20-10-8-19(9-11-20)28(3)4)13-22-23(31)27-25(33)30(24(22)32)21-7-5-6-18(26)14-21/h5-14H,1-4H3,(H,27,31,33). The van der Waals surface area contributed by atoms with E-state index in [4.69, 9.17) is 0 Å². The molecular formula is C25H23BrN4O3. The quantitative estimate of drug-likeness (QED) is 0.414. The molecule has 4 amide bonds. The fraction of sp³-hybridized carbons (Fsp3) is 0.160. The molecule has 2 aromatic carbocycles. The van der Waals surface area contributed by atoms with E-state index in [1.165, 1.54) is 0 Å². The van der Waals surface area contributed by atoms with Crippen molar-refractivity contribution in [2.45, 2.75) is 13.8 Å².